The maximum Gasteiger partial charge on any atom is 0.333 e. The van der Waals surface area contributed by atoms with Crippen LogP contribution in [-0.2, 0) is 22.4 Å². The molecule has 0 aliphatic rings. The molecule has 0 heterocycles. The number of aliphatic hydroxyl groups excluding tert-OH is 1. The van der Waals surface area contributed by atoms with Gasteiger partial charge >= 0.3 is 5.97 Å². The second-order valence-corrected chi connectivity index (χ2v) is 6.05. The van der Waals surface area contributed by atoms with Gasteiger partial charge in [-0.2, -0.15) is 0 Å². The molecule has 0 fully saturated rings. The van der Waals surface area contributed by atoms with Gasteiger partial charge in [0.1, 0.15) is 6.61 Å². The lowest BCUT2D eigenvalue weighted by Crippen LogP contribution is -2.19. The lowest BCUT2D eigenvalue weighted by molar-refractivity contribution is -0.141. The van der Waals surface area contributed by atoms with Gasteiger partial charge in [-0.1, -0.05) is 61.2 Å². The van der Waals surface area contributed by atoms with Gasteiger partial charge in [0.2, 0.25) is 0 Å². The Kier molecular flexibility index (Phi) is 6.76. The number of aliphatic hydroxyl groups is 1. The zero-order chi connectivity index (χ0) is 17.4. The third kappa shape index (κ3) is 6.01. The molecule has 2 aromatic carbocycles. The molecule has 2 aromatic rings. The lowest BCUT2D eigenvalue weighted by Gasteiger charge is -2.11. The van der Waals surface area contributed by atoms with E-state index in [1.165, 1.54) is 11.1 Å². The van der Waals surface area contributed by atoms with Gasteiger partial charge in [-0.15, -0.1) is 0 Å². The SMILES string of the molecule is C=C(C)C(=O)OCC(O)CCc1ccc(Cc2ccccc2)cc1. The van der Waals surface area contributed by atoms with E-state index in [2.05, 4.69) is 43.0 Å². The maximum absolute atomic E-state index is 11.3. The molecule has 0 spiro atoms. The minimum Gasteiger partial charge on any atom is -0.460 e. The molecule has 0 aliphatic carbocycles. The normalized spacial score (nSPS) is 11.8. The van der Waals surface area contributed by atoms with Gasteiger partial charge in [0, 0.05) is 5.57 Å². The van der Waals surface area contributed by atoms with Gasteiger partial charge in [-0.25, -0.2) is 4.79 Å². The Morgan fingerprint density at radius 2 is 1.62 bits per heavy atom. The van der Waals surface area contributed by atoms with E-state index in [9.17, 15) is 9.90 Å². The molecule has 0 bridgehead atoms. The van der Waals surface area contributed by atoms with Gasteiger partial charge in [-0.3, -0.25) is 0 Å². The summed E-state index contributed by atoms with van der Waals surface area (Å²) >= 11 is 0. The quantitative estimate of drug-likeness (QED) is 0.595. The monoisotopic (exact) mass is 324 g/mol. The lowest BCUT2D eigenvalue weighted by atomic mass is 10.0. The summed E-state index contributed by atoms with van der Waals surface area (Å²) in [5.41, 5.74) is 4.06. The second-order valence-electron chi connectivity index (χ2n) is 6.05. The smallest absolute Gasteiger partial charge is 0.333 e. The van der Waals surface area contributed by atoms with Crippen LogP contribution in [0.15, 0.2) is 66.7 Å². The third-order valence-corrected chi connectivity index (χ3v) is 3.80. The summed E-state index contributed by atoms with van der Waals surface area (Å²) in [5, 5.41) is 9.88. The van der Waals surface area contributed by atoms with Crippen LogP contribution in [0.3, 0.4) is 0 Å². The van der Waals surface area contributed by atoms with Crippen molar-refractivity contribution in [2.45, 2.75) is 32.3 Å². The highest BCUT2D eigenvalue weighted by Gasteiger charge is 2.09. The van der Waals surface area contributed by atoms with E-state index in [4.69, 9.17) is 4.74 Å². The van der Waals surface area contributed by atoms with Crippen molar-refractivity contribution in [1.82, 2.24) is 0 Å². The van der Waals surface area contributed by atoms with Crippen molar-refractivity contribution in [3.05, 3.63) is 83.4 Å². The van der Waals surface area contributed by atoms with Crippen LogP contribution in [0.1, 0.15) is 30.0 Å². The van der Waals surface area contributed by atoms with E-state index >= 15 is 0 Å². The first-order valence-corrected chi connectivity index (χ1v) is 8.17. The van der Waals surface area contributed by atoms with Crippen molar-refractivity contribution in [1.29, 1.82) is 0 Å². The van der Waals surface area contributed by atoms with Gasteiger partial charge in [0.15, 0.2) is 0 Å². The van der Waals surface area contributed by atoms with E-state index < -0.39 is 12.1 Å². The van der Waals surface area contributed by atoms with Crippen LogP contribution in [0.25, 0.3) is 0 Å². The Morgan fingerprint density at radius 3 is 2.25 bits per heavy atom. The topological polar surface area (TPSA) is 46.5 Å². The van der Waals surface area contributed by atoms with Crippen molar-refractivity contribution in [3.63, 3.8) is 0 Å². The number of hydrogen-bond donors (Lipinski definition) is 1. The molecule has 3 nitrogen and oxygen atoms in total. The highest BCUT2D eigenvalue weighted by atomic mass is 16.5. The van der Waals surface area contributed by atoms with Crippen LogP contribution in [0.5, 0.6) is 0 Å². The molecule has 0 aliphatic heterocycles. The average Bonchev–Trinajstić information content (AvgIpc) is 2.59. The second kappa shape index (κ2) is 9.04. The Labute approximate surface area is 143 Å². The molecule has 0 saturated carbocycles. The largest absolute Gasteiger partial charge is 0.460 e. The molecular weight excluding hydrogens is 300 g/mol. The van der Waals surface area contributed by atoms with Crippen LogP contribution in [-0.4, -0.2) is 23.8 Å². The van der Waals surface area contributed by atoms with Crippen LogP contribution < -0.4 is 0 Å². The van der Waals surface area contributed by atoms with Crippen molar-refractivity contribution < 1.29 is 14.6 Å². The summed E-state index contributed by atoms with van der Waals surface area (Å²) in [5.74, 6) is -0.459. The number of carbonyl (C=O) groups excluding carboxylic acids is 1. The van der Waals surface area contributed by atoms with Crippen LogP contribution >= 0.6 is 0 Å². The van der Waals surface area contributed by atoms with E-state index in [1.54, 1.807) is 6.92 Å². The molecule has 24 heavy (non-hydrogen) atoms. The van der Waals surface area contributed by atoms with E-state index in [1.807, 2.05) is 18.2 Å². The summed E-state index contributed by atoms with van der Waals surface area (Å²) in [4.78, 5) is 11.3. The molecule has 0 amide bonds. The molecule has 2 rings (SSSR count). The average molecular weight is 324 g/mol. The fourth-order valence-electron chi connectivity index (χ4n) is 2.37. The van der Waals surface area contributed by atoms with Gasteiger partial charge in [0.25, 0.3) is 0 Å². The number of hydrogen-bond acceptors (Lipinski definition) is 3. The minimum atomic E-state index is -0.655. The number of benzene rings is 2. The summed E-state index contributed by atoms with van der Waals surface area (Å²) in [6.45, 7) is 5.11. The zero-order valence-corrected chi connectivity index (χ0v) is 14.1. The van der Waals surface area contributed by atoms with Gasteiger partial charge < -0.3 is 9.84 Å². The standard InChI is InChI=1S/C21H24O3/c1-16(2)21(23)24-15-20(22)13-12-17-8-10-19(11-9-17)14-18-6-4-3-5-7-18/h3-11,20,22H,1,12-15H2,2H3. The van der Waals surface area contributed by atoms with Crippen LogP contribution in [0.4, 0.5) is 0 Å². The van der Waals surface area contributed by atoms with Gasteiger partial charge in [-0.05, 0) is 42.9 Å². The van der Waals surface area contributed by atoms with Gasteiger partial charge in [0.05, 0.1) is 6.10 Å². The van der Waals surface area contributed by atoms with Crippen LogP contribution in [0, 0.1) is 0 Å². The van der Waals surface area contributed by atoms with Crippen molar-refractivity contribution in [3.8, 4) is 0 Å². The molecule has 0 aromatic heterocycles. The highest BCUT2D eigenvalue weighted by molar-refractivity contribution is 5.86. The predicted octanol–water partition coefficient (Wildman–Crippen LogP) is 3.69. The summed E-state index contributed by atoms with van der Waals surface area (Å²) in [6.07, 6.45) is 1.57. The van der Waals surface area contributed by atoms with E-state index in [0.29, 0.717) is 12.0 Å². The molecule has 1 atom stereocenters. The first-order valence-electron chi connectivity index (χ1n) is 8.17. The number of aryl methyl sites for hydroxylation is 1. The Hall–Kier alpha value is -2.39. The summed E-state index contributed by atoms with van der Waals surface area (Å²) in [7, 11) is 0. The maximum atomic E-state index is 11.3. The molecule has 126 valence electrons. The number of ether oxygens (including phenoxy) is 1. The van der Waals surface area contributed by atoms with Crippen LogP contribution in [0.2, 0.25) is 0 Å². The summed E-state index contributed by atoms with van der Waals surface area (Å²) < 4.78 is 4.95. The predicted molar refractivity (Wildman–Crippen MR) is 95.8 cm³/mol. The summed E-state index contributed by atoms with van der Waals surface area (Å²) in [6, 6.07) is 18.8. The Morgan fingerprint density at radius 1 is 1.04 bits per heavy atom. The minimum absolute atomic E-state index is 0.0117. The Balaban J connectivity index is 1.77. The van der Waals surface area contributed by atoms with E-state index in [0.717, 1.165) is 18.4 Å². The molecule has 1 N–H and O–H groups in total. The Bertz CT molecular complexity index is 659. The fraction of sp³-hybridized carbons (Fsp3) is 0.286. The number of rotatable bonds is 8. The van der Waals surface area contributed by atoms with Crippen molar-refractivity contribution in [2.75, 3.05) is 6.61 Å². The first-order chi connectivity index (χ1) is 11.5. The third-order valence-electron chi connectivity index (χ3n) is 3.80. The molecule has 0 radical (unpaired) electrons. The van der Waals surface area contributed by atoms with E-state index in [-0.39, 0.29) is 6.61 Å². The molecular formula is C21H24O3. The molecule has 0 saturated heterocycles. The van der Waals surface area contributed by atoms with Crippen molar-refractivity contribution in [2.24, 2.45) is 0 Å². The zero-order valence-electron chi connectivity index (χ0n) is 14.1. The van der Waals surface area contributed by atoms with Crippen molar-refractivity contribution >= 4 is 5.97 Å². The molecule has 1 unspecified atom stereocenters. The fourth-order valence-corrected chi connectivity index (χ4v) is 2.37. The molecule has 3 heteroatoms. The first kappa shape index (κ1) is 18.0. The highest BCUT2D eigenvalue weighted by Crippen LogP contribution is 2.12. The number of esters is 1. The number of carbonyl (C=O) groups is 1.